The van der Waals surface area contributed by atoms with Crippen LogP contribution in [0.4, 0.5) is 0 Å². The Morgan fingerprint density at radius 2 is 2.00 bits per heavy atom. The lowest BCUT2D eigenvalue weighted by Gasteiger charge is -2.26. The van der Waals surface area contributed by atoms with Crippen molar-refractivity contribution in [1.29, 1.82) is 0 Å². The Morgan fingerprint density at radius 1 is 1.35 bits per heavy atom. The van der Waals surface area contributed by atoms with Gasteiger partial charge in [-0.05, 0) is 30.7 Å². The lowest BCUT2D eigenvalue weighted by molar-refractivity contribution is 0.237. The van der Waals surface area contributed by atoms with Gasteiger partial charge in [0.05, 0.1) is 12.8 Å². The van der Waals surface area contributed by atoms with Crippen molar-refractivity contribution < 1.29 is 4.74 Å². The molecule has 0 bridgehead atoms. The molecule has 0 aliphatic carbocycles. The van der Waals surface area contributed by atoms with Crippen LogP contribution < -0.4 is 0 Å². The van der Waals surface area contributed by atoms with Crippen molar-refractivity contribution >= 4 is 21.6 Å². The smallest absolute Gasteiger partial charge is 0.134 e. The molecule has 20 heavy (non-hydrogen) atoms. The molecule has 1 atom stereocenters. The van der Waals surface area contributed by atoms with Gasteiger partial charge < -0.3 is 14.5 Å². The van der Waals surface area contributed by atoms with E-state index in [1.165, 1.54) is 11.3 Å². The van der Waals surface area contributed by atoms with Gasteiger partial charge in [0, 0.05) is 23.9 Å². The maximum atomic E-state index is 5.25. The molecule has 0 radical (unpaired) electrons. The van der Waals surface area contributed by atoms with Crippen LogP contribution >= 0.6 is 15.9 Å². The summed E-state index contributed by atoms with van der Waals surface area (Å²) in [5.74, 6) is 0.749. The second kappa shape index (κ2) is 6.18. The van der Waals surface area contributed by atoms with E-state index < -0.39 is 0 Å². The van der Waals surface area contributed by atoms with Gasteiger partial charge in [-0.1, -0.05) is 34.6 Å². The minimum atomic E-state index is 0.235. The van der Waals surface area contributed by atoms with Gasteiger partial charge in [-0.3, -0.25) is 0 Å². The van der Waals surface area contributed by atoms with Gasteiger partial charge in [-0.2, -0.15) is 0 Å². The third-order valence-electron chi connectivity index (χ3n) is 3.50. The molecule has 3 nitrogen and oxygen atoms in total. The minimum Gasteiger partial charge on any atom is -0.495 e. The zero-order valence-electron chi connectivity index (χ0n) is 12.0. The van der Waals surface area contributed by atoms with Gasteiger partial charge in [-0.15, -0.1) is 0 Å². The molecule has 1 aliphatic rings. The number of rotatable bonds is 4. The van der Waals surface area contributed by atoms with Crippen LogP contribution in [0.1, 0.15) is 12.5 Å². The van der Waals surface area contributed by atoms with E-state index in [9.17, 15) is 0 Å². The average molecular weight is 335 g/mol. The van der Waals surface area contributed by atoms with Crippen molar-refractivity contribution in [3.8, 4) is 0 Å². The Bertz CT molecular complexity index is 548. The van der Waals surface area contributed by atoms with Crippen LogP contribution in [0, 0.1) is 0 Å². The SMILES string of the molecule is C=C/C(=C\N1C=C(c2ccc(Br)cc2)N(C)C1C)OC. The zero-order valence-corrected chi connectivity index (χ0v) is 13.6. The fourth-order valence-corrected chi connectivity index (χ4v) is 2.39. The molecule has 0 saturated heterocycles. The largest absolute Gasteiger partial charge is 0.495 e. The van der Waals surface area contributed by atoms with E-state index in [2.05, 4.69) is 76.7 Å². The van der Waals surface area contributed by atoms with Crippen molar-refractivity contribution in [2.24, 2.45) is 0 Å². The van der Waals surface area contributed by atoms with Gasteiger partial charge in [-0.25, -0.2) is 0 Å². The van der Waals surface area contributed by atoms with Gasteiger partial charge in [0.1, 0.15) is 11.9 Å². The Labute approximate surface area is 129 Å². The topological polar surface area (TPSA) is 15.7 Å². The zero-order chi connectivity index (χ0) is 14.7. The first-order valence-electron chi connectivity index (χ1n) is 6.43. The van der Waals surface area contributed by atoms with Crippen molar-refractivity contribution in [3.05, 3.63) is 65.1 Å². The number of allylic oxidation sites excluding steroid dienone is 1. The van der Waals surface area contributed by atoms with Crippen LogP contribution in [0.5, 0.6) is 0 Å². The van der Waals surface area contributed by atoms with Crippen molar-refractivity contribution in [1.82, 2.24) is 9.80 Å². The number of ether oxygens (including phenoxy) is 1. The fourth-order valence-electron chi connectivity index (χ4n) is 2.12. The summed E-state index contributed by atoms with van der Waals surface area (Å²) in [6.07, 6.45) is 6.02. The van der Waals surface area contributed by atoms with E-state index in [1.807, 2.05) is 6.20 Å². The Kier molecular flexibility index (Phi) is 4.55. The van der Waals surface area contributed by atoms with Crippen molar-refractivity contribution in [2.75, 3.05) is 14.2 Å². The van der Waals surface area contributed by atoms with E-state index in [0.717, 1.165) is 10.2 Å². The molecule has 0 N–H and O–H groups in total. The third kappa shape index (κ3) is 2.90. The molecule has 1 unspecified atom stereocenters. The number of methoxy groups -OCH3 is 1. The summed E-state index contributed by atoms with van der Waals surface area (Å²) in [5, 5.41) is 0. The highest BCUT2D eigenvalue weighted by Gasteiger charge is 2.25. The van der Waals surface area contributed by atoms with Crippen LogP contribution in [-0.2, 0) is 4.74 Å². The highest BCUT2D eigenvalue weighted by atomic mass is 79.9. The molecular formula is C16H19BrN2O. The van der Waals surface area contributed by atoms with E-state index >= 15 is 0 Å². The summed E-state index contributed by atoms with van der Waals surface area (Å²) in [7, 11) is 3.74. The molecule has 0 aromatic heterocycles. The van der Waals surface area contributed by atoms with Crippen LogP contribution in [0.25, 0.3) is 5.70 Å². The molecule has 1 aliphatic heterocycles. The lowest BCUT2D eigenvalue weighted by atomic mass is 10.1. The fraction of sp³-hybridized carbons (Fsp3) is 0.250. The number of hydrogen-bond acceptors (Lipinski definition) is 3. The first kappa shape index (κ1) is 14.7. The quantitative estimate of drug-likeness (QED) is 0.611. The molecule has 1 heterocycles. The van der Waals surface area contributed by atoms with E-state index in [4.69, 9.17) is 4.74 Å². The summed E-state index contributed by atoms with van der Waals surface area (Å²) < 4.78 is 6.33. The molecule has 0 saturated carbocycles. The van der Waals surface area contributed by atoms with Crippen LogP contribution in [0.2, 0.25) is 0 Å². The maximum Gasteiger partial charge on any atom is 0.134 e. The predicted molar refractivity (Wildman–Crippen MR) is 86.5 cm³/mol. The summed E-state index contributed by atoms with van der Waals surface area (Å²) in [6.45, 7) is 5.89. The van der Waals surface area contributed by atoms with Gasteiger partial charge in [0.25, 0.3) is 0 Å². The van der Waals surface area contributed by atoms with E-state index in [-0.39, 0.29) is 6.17 Å². The molecule has 0 fully saturated rings. The monoisotopic (exact) mass is 334 g/mol. The Morgan fingerprint density at radius 3 is 2.55 bits per heavy atom. The summed E-state index contributed by atoms with van der Waals surface area (Å²) in [6, 6.07) is 8.32. The Hall–Kier alpha value is -1.68. The molecule has 0 amide bonds. The molecule has 106 valence electrons. The summed E-state index contributed by atoms with van der Waals surface area (Å²) in [4.78, 5) is 4.36. The van der Waals surface area contributed by atoms with Crippen molar-refractivity contribution in [3.63, 3.8) is 0 Å². The second-order valence-corrected chi connectivity index (χ2v) is 5.57. The van der Waals surface area contributed by atoms with Gasteiger partial charge in [0.15, 0.2) is 0 Å². The van der Waals surface area contributed by atoms with Crippen LogP contribution in [0.15, 0.2) is 59.6 Å². The first-order chi connectivity index (χ1) is 9.56. The maximum absolute atomic E-state index is 5.25. The summed E-state index contributed by atoms with van der Waals surface area (Å²) in [5.41, 5.74) is 2.37. The van der Waals surface area contributed by atoms with Crippen LogP contribution in [0.3, 0.4) is 0 Å². The molecule has 0 spiro atoms. The number of benzene rings is 1. The predicted octanol–water partition coefficient (Wildman–Crippen LogP) is 4.01. The molecule has 1 aromatic carbocycles. The number of halogens is 1. The van der Waals surface area contributed by atoms with E-state index in [1.54, 1.807) is 13.2 Å². The average Bonchev–Trinajstić information content (AvgIpc) is 2.74. The normalized spacial score (nSPS) is 19.1. The minimum absolute atomic E-state index is 0.235. The highest BCUT2D eigenvalue weighted by Crippen LogP contribution is 2.30. The first-order valence-corrected chi connectivity index (χ1v) is 7.22. The number of nitrogens with zero attached hydrogens (tertiary/aromatic N) is 2. The lowest BCUT2D eigenvalue weighted by Crippen LogP contribution is -2.31. The standard InChI is InChI=1S/C16H19BrN2O/c1-5-15(20-4)10-19-11-16(18(3)12(19)2)13-6-8-14(17)9-7-13/h5-12H,1H2,2-4H3/b15-10+. The second-order valence-electron chi connectivity index (χ2n) is 4.65. The Balaban J connectivity index is 2.32. The van der Waals surface area contributed by atoms with Gasteiger partial charge in [0.2, 0.25) is 0 Å². The molecular weight excluding hydrogens is 316 g/mol. The van der Waals surface area contributed by atoms with E-state index in [0.29, 0.717) is 0 Å². The third-order valence-corrected chi connectivity index (χ3v) is 4.03. The van der Waals surface area contributed by atoms with Crippen LogP contribution in [-0.4, -0.2) is 30.1 Å². The highest BCUT2D eigenvalue weighted by molar-refractivity contribution is 9.10. The molecule has 1 aromatic rings. The number of hydrogen-bond donors (Lipinski definition) is 0. The summed E-state index contributed by atoms with van der Waals surface area (Å²) >= 11 is 3.46. The molecule has 4 heteroatoms. The van der Waals surface area contributed by atoms with Crippen molar-refractivity contribution in [2.45, 2.75) is 13.1 Å². The van der Waals surface area contributed by atoms with Gasteiger partial charge >= 0.3 is 0 Å². The molecule has 2 rings (SSSR count).